The summed E-state index contributed by atoms with van der Waals surface area (Å²) in [4.78, 5) is 26.6. The Morgan fingerprint density at radius 2 is 1.72 bits per heavy atom. The molecule has 4 rings (SSSR count). The lowest BCUT2D eigenvalue weighted by Gasteiger charge is -2.35. The summed E-state index contributed by atoms with van der Waals surface area (Å²) in [6.45, 7) is 9.00. The molecule has 1 unspecified atom stereocenters. The Bertz CT molecular complexity index is 1060. The van der Waals surface area contributed by atoms with Crippen molar-refractivity contribution in [3.05, 3.63) is 70.8 Å². The number of hydrogen-bond acceptors (Lipinski definition) is 5. The van der Waals surface area contributed by atoms with Crippen molar-refractivity contribution >= 4 is 12.1 Å². The number of benzene rings is 2. The Morgan fingerprint density at radius 3 is 2.39 bits per heavy atom. The maximum atomic E-state index is 12.8. The fourth-order valence-electron chi connectivity index (χ4n) is 5.79. The Morgan fingerprint density at radius 1 is 1.08 bits per heavy atom. The quantitative estimate of drug-likeness (QED) is 0.408. The number of hydrogen-bond donors (Lipinski definition) is 0. The fraction of sp³-hybridized carbons (Fsp3) is 0.533. The maximum Gasteiger partial charge on any atom is 0.410 e. The Balaban J connectivity index is 1.32. The predicted octanol–water partition coefficient (Wildman–Crippen LogP) is 5.52. The second kappa shape index (κ2) is 11.0. The van der Waals surface area contributed by atoms with E-state index in [2.05, 4.69) is 38.1 Å². The van der Waals surface area contributed by atoms with Gasteiger partial charge in [-0.15, -0.1) is 0 Å². The van der Waals surface area contributed by atoms with Crippen LogP contribution in [-0.2, 0) is 38.3 Å². The van der Waals surface area contributed by atoms with Gasteiger partial charge >= 0.3 is 12.1 Å². The number of carbonyl (C=O) groups excluding carboxylic acids is 2. The van der Waals surface area contributed by atoms with Gasteiger partial charge in [0.1, 0.15) is 6.10 Å². The molecule has 2 aliphatic rings. The van der Waals surface area contributed by atoms with Crippen molar-refractivity contribution in [2.24, 2.45) is 11.8 Å². The van der Waals surface area contributed by atoms with Crippen molar-refractivity contribution in [3.8, 4) is 0 Å². The average molecular weight is 494 g/mol. The molecule has 3 atom stereocenters. The van der Waals surface area contributed by atoms with E-state index in [1.165, 1.54) is 18.2 Å². The molecule has 1 aliphatic heterocycles. The predicted molar refractivity (Wildman–Crippen MR) is 139 cm³/mol. The van der Waals surface area contributed by atoms with Crippen molar-refractivity contribution in [1.82, 2.24) is 4.90 Å². The zero-order chi connectivity index (χ0) is 25.9. The van der Waals surface area contributed by atoms with Crippen LogP contribution >= 0.6 is 0 Å². The first-order chi connectivity index (χ1) is 17.2. The Kier molecular flexibility index (Phi) is 8.04. The molecule has 1 fully saturated rings. The third-order valence-corrected chi connectivity index (χ3v) is 7.68. The normalized spacial score (nSPS) is 19.6. The number of fused-ring (bicyclic) bond motifs is 1. The molecule has 0 N–H and O–H groups in total. The third kappa shape index (κ3) is 5.92. The summed E-state index contributed by atoms with van der Waals surface area (Å²) in [5.74, 6) is 0.0763. The van der Waals surface area contributed by atoms with Crippen LogP contribution in [0.2, 0.25) is 0 Å². The van der Waals surface area contributed by atoms with Gasteiger partial charge in [0.2, 0.25) is 0 Å². The molecular formula is C30H39NO5. The van der Waals surface area contributed by atoms with Crippen molar-refractivity contribution in [3.63, 3.8) is 0 Å². The van der Waals surface area contributed by atoms with Crippen molar-refractivity contribution in [2.45, 2.75) is 71.1 Å². The number of cyclic esters (lactones) is 1. The highest BCUT2D eigenvalue weighted by molar-refractivity contribution is 5.72. The van der Waals surface area contributed by atoms with Crippen LogP contribution in [0.3, 0.4) is 0 Å². The van der Waals surface area contributed by atoms with E-state index in [-0.39, 0.29) is 35.7 Å². The lowest BCUT2D eigenvalue weighted by atomic mass is 9.87. The van der Waals surface area contributed by atoms with Crippen LogP contribution < -0.4 is 0 Å². The number of esters is 1. The first-order valence-electron chi connectivity index (χ1n) is 13.0. The standard InChI is InChI=1S/C30H39NO5/c1-20(28(32)34-5)14-25-12-8-9-13-27(25)21(2)35-19-26-18-31(29(33)36-26)30(3,4)17-22-15-23-10-6-7-11-24(23)16-22/h6-13,20-22,26H,14-19H2,1-5H3/t20?,21-,26-/m1/s1. The van der Waals surface area contributed by atoms with Crippen LogP contribution in [0.5, 0.6) is 0 Å². The smallest absolute Gasteiger partial charge is 0.410 e. The van der Waals surface area contributed by atoms with Crippen LogP contribution in [0.25, 0.3) is 0 Å². The van der Waals surface area contributed by atoms with E-state index in [1.807, 2.05) is 43.0 Å². The molecule has 0 radical (unpaired) electrons. The highest BCUT2D eigenvalue weighted by Crippen LogP contribution is 2.36. The van der Waals surface area contributed by atoms with Crippen LogP contribution in [0.1, 0.15) is 62.5 Å². The third-order valence-electron chi connectivity index (χ3n) is 7.68. The zero-order valence-electron chi connectivity index (χ0n) is 22.2. The van der Waals surface area contributed by atoms with Crippen LogP contribution in [0.15, 0.2) is 48.5 Å². The molecule has 194 valence electrons. The number of nitrogens with zero attached hydrogens (tertiary/aromatic N) is 1. The van der Waals surface area contributed by atoms with Gasteiger partial charge in [-0.3, -0.25) is 9.69 Å². The Hall–Kier alpha value is -2.86. The molecule has 6 heteroatoms. The summed E-state index contributed by atoms with van der Waals surface area (Å²) in [5, 5.41) is 0. The summed E-state index contributed by atoms with van der Waals surface area (Å²) < 4.78 is 16.8. The molecule has 1 heterocycles. The molecule has 1 amide bonds. The van der Waals surface area contributed by atoms with Crippen molar-refractivity contribution < 1.29 is 23.8 Å². The van der Waals surface area contributed by atoms with Crippen LogP contribution in [-0.4, -0.2) is 48.9 Å². The Labute approximate surface area is 214 Å². The van der Waals surface area contributed by atoms with E-state index >= 15 is 0 Å². The van der Waals surface area contributed by atoms with Gasteiger partial charge in [-0.05, 0) is 74.6 Å². The fourth-order valence-corrected chi connectivity index (χ4v) is 5.79. The van der Waals surface area contributed by atoms with E-state index < -0.39 is 0 Å². The van der Waals surface area contributed by atoms with E-state index in [0.29, 0.717) is 25.5 Å². The summed E-state index contributed by atoms with van der Waals surface area (Å²) in [6, 6.07) is 16.6. The highest BCUT2D eigenvalue weighted by Gasteiger charge is 2.42. The maximum absolute atomic E-state index is 12.8. The van der Waals surface area contributed by atoms with E-state index in [4.69, 9.17) is 14.2 Å². The summed E-state index contributed by atoms with van der Waals surface area (Å²) in [6.07, 6.45) is 2.91. The minimum absolute atomic E-state index is 0.191. The topological polar surface area (TPSA) is 65.1 Å². The van der Waals surface area contributed by atoms with Gasteiger partial charge in [0.05, 0.1) is 32.3 Å². The second-order valence-corrected chi connectivity index (χ2v) is 11.0. The van der Waals surface area contributed by atoms with Gasteiger partial charge in [0, 0.05) is 5.54 Å². The van der Waals surface area contributed by atoms with E-state index in [9.17, 15) is 9.59 Å². The first-order valence-corrected chi connectivity index (χ1v) is 13.0. The lowest BCUT2D eigenvalue weighted by Crippen LogP contribution is -2.46. The highest BCUT2D eigenvalue weighted by atomic mass is 16.6. The van der Waals surface area contributed by atoms with Crippen molar-refractivity contribution in [2.75, 3.05) is 20.3 Å². The van der Waals surface area contributed by atoms with Gasteiger partial charge in [-0.1, -0.05) is 55.5 Å². The average Bonchev–Trinajstić information content (AvgIpc) is 3.44. The van der Waals surface area contributed by atoms with Gasteiger partial charge in [-0.2, -0.15) is 0 Å². The zero-order valence-corrected chi connectivity index (χ0v) is 22.2. The molecule has 1 saturated heterocycles. The monoisotopic (exact) mass is 493 g/mol. The molecule has 0 saturated carbocycles. The van der Waals surface area contributed by atoms with Gasteiger partial charge in [-0.25, -0.2) is 4.79 Å². The van der Waals surface area contributed by atoms with E-state index in [0.717, 1.165) is 30.4 Å². The number of methoxy groups -OCH3 is 1. The summed E-state index contributed by atoms with van der Waals surface area (Å²) in [5.41, 5.74) is 4.68. The minimum atomic E-state index is -0.304. The number of carbonyl (C=O) groups is 2. The van der Waals surface area contributed by atoms with E-state index in [1.54, 1.807) is 0 Å². The summed E-state index contributed by atoms with van der Waals surface area (Å²) >= 11 is 0. The first kappa shape index (κ1) is 26.2. The molecule has 2 aromatic carbocycles. The van der Waals surface area contributed by atoms with Crippen LogP contribution in [0, 0.1) is 11.8 Å². The minimum Gasteiger partial charge on any atom is -0.469 e. The molecule has 36 heavy (non-hydrogen) atoms. The second-order valence-electron chi connectivity index (χ2n) is 11.0. The molecule has 0 bridgehead atoms. The molecule has 0 aromatic heterocycles. The number of rotatable bonds is 10. The van der Waals surface area contributed by atoms with Gasteiger partial charge in [0.15, 0.2) is 0 Å². The van der Waals surface area contributed by atoms with Gasteiger partial charge in [0.25, 0.3) is 0 Å². The largest absolute Gasteiger partial charge is 0.469 e. The molecule has 2 aromatic rings. The SMILES string of the molecule is COC(=O)C(C)Cc1ccccc1[C@@H](C)OC[C@H]1CN(C(C)(C)CC2Cc3ccccc3C2)C(=O)O1. The summed E-state index contributed by atoms with van der Waals surface area (Å²) in [7, 11) is 1.41. The molecular weight excluding hydrogens is 454 g/mol. The van der Waals surface area contributed by atoms with Gasteiger partial charge < -0.3 is 14.2 Å². The lowest BCUT2D eigenvalue weighted by molar-refractivity contribution is -0.144. The van der Waals surface area contributed by atoms with Crippen LogP contribution in [0.4, 0.5) is 4.79 Å². The number of ether oxygens (including phenoxy) is 3. The molecule has 0 spiro atoms. The van der Waals surface area contributed by atoms with Crippen molar-refractivity contribution in [1.29, 1.82) is 0 Å². The molecule has 6 nitrogen and oxygen atoms in total. The number of amides is 1. The molecule has 1 aliphatic carbocycles.